The van der Waals surface area contributed by atoms with Crippen molar-refractivity contribution < 1.29 is 4.74 Å². The second-order valence-electron chi connectivity index (χ2n) is 5.27. The van der Waals surface area contributed by atoms with Gasteiger partial charge in [-0.2, -0.15) is 0 Å². The number of rotatable bonds is 3. The lowest BCUT2D eigenvalue weighted by atomic mass is 9.97. The van der Waals surface area contributed by atoms with E-state index in [-0.39, 0.29) is 5.60 Å². The van der Waals surface area contributed by atoms with Crippen molar-refractivity contribution in [3.05, 3.63) is 12.5 Å². The summed E-state index contributed by atoms with van der Waals surface area (Å²) < 4.78 is 5.74. The van der Waals surface area contributed by atoms with Crippen LogP contribution in [0.1, 0.15) is 33.6 Å². The van der Waals surface area contributed by atoms with Gasteiger partial charge >= 0.3 is 0 Å². The van der Waals surface area contributed by atoms with Crippen LogP contribution in [0.3, 0.4) is 0 Å². The van der Waals surface area contributed by atoms with E-state index in [4.69, 9.17) is 22.7 Å². The molecule has 0 unspecified atom stereocenters. The van der Waals surface area contributed by atoms with E-state index in [0.29, 0.717) is 10.9 Å². The van der Waals surface area contributed by atoms with Crippen LogP contribution in [0.4, 0.5) is 0 Å². The van der Waals surface area contributed by atoms with Crippen molar-refractivity contribution >= 4 is 17.2 Å². The Hall–Kier alpha value is -0.770. The van der Waals surface area contributed by atoms with Crippen molar-refractivity contribution in [3.8, 4) is 0 Å². The summed E-state index contributed by atoms with van der Waals surface area (Å²) in [6, 6.07) is 0. The molecule has 0 aromatic heterocycles. The summed E-state index contributed by atoms with van der Waals surface area (Å²) in [4.78, 5) is 2.81. The summed E-state index contributed by atoms with van der Waals surface area (Å²) in [6.07, 6.45) is 2.00. The molecule has 3 nitrogen and oxygen atoms in total. The number of nitrogens with zero attached hydrogens (tertiary/aromatic N) is 1. The predicted molar refractivity (Wildman–Crippen MR) is 71.1 cm³/mol. The normalized spacial score (nSPS) is 18.3. The van der Waals surface area contributed by atoms with Crippen LogP contribution in [0.25, 0.3) is 0 Å². The van der Waals surface area contributed by atoms with Gasteiger partial charge in [0.1, 0.15) is 5.60 Å². The molecule has 1 rings (SSSR count). The van der Waals surface area contributed by atoms with Crippen LogP contribution in [0.2, 0.25) is 0 Å². The third kappa shape index (κ3) is 4.00. The Kier molecular flexibility index (Phi) is 4.19. The highest BCUT2D eigenvalue weighted by molar-refractivity contribution is 7.80. The van der Waals surface area contributed by atoms with Crippen molar-refractivity contribution in [1.82, 2.24) is 4.90 Å². The first-order valence-corrected chi connectivity index (χ1v) is 6.12. The highest BCUT2D eigenvalue weighted by Crippen LogP contribution is 2.23. The van der Waals surface area contributed by atoms with Gasteiger partial charge < -0.3 is 15.4 Å². The smallest absolute Gasteiger partial charge is 0.182 e. The zero-order valence-corrected chi connectivity index (χ0v) is 11.3. The molecule has 16 heavy (non-hydrogen) atoms. The molecule has 4 heteroatoms. The number of thiocarbonyl (C=S) groups is 1. The van der Waals surface area contributed by atoms with Gasteiger partial charge in [-0.25, -0.2) is 0 Å². The van der Waals surface area contributed by atoms with Gasteiger partial charge in [0.15, 0.2) is 5.88 Å². The lowest BCUT2D eigenvalue weighted by molar-refractivity contribution is -0.00327. The SMILES string of the molecule is C=C(OC(C)(C)C)N1CCC(C(N)=S)CC1. The minimum Gasteiger partial charge on any atom is -0.474 e. The standard InChI is InChI=1S/C12H22N2OS/c1-9(15-12(2,3)4)14-7-5-10(6-8-14)11(13)16/h10H,1,5-8H2,2-4H3,(H2,13,16). The van der Waals surface area contributed by atoms with Crippen LogP contribution in [-0.2, 0) is 4.74 Å². The maximum atomic E-state index is 5.74. The molecule has 0 bridgehead atoms. The molecule has 0 aromatic rings. The van der Waals surface area contributed by atoms with Gasteiger partial charge in [0.25, 0.3) is 0 Å². The molecule has 0 spiro atoms. The zero-order valence-electron chi connectivity index (χ0n) is 10.5. The van der Waals surface area contributed by atoms with E-state index in [2.05, 4.69) is 11.5 Å². The van der Waals surface area contributed by atoms with Gasteiger partial charge in [0, 0.05) is 19.0 Å². The summed E-state index contributed by atoms with van der Waals surface area (Å²) in [5, 5.41) is 0. The van der Waals surface area contributed by atoms with Gasteiger partial charge in [-0.3, -0.25) is 0 Å². The Morgan fingerprint density at radius 2 is 1.88 bits per heavy atom. The molecule has 1 fully saturated rings. The summed E-state index contributed by atoms with van der Waals surface area (Å²) in [6.45, 7) is 11.9. The number of nitrogens with two attached hydrogens (primary N) is 1. The number of ether oxygens (including phenoxy) is 1. The van der Waals surface area contributed by atoms with Crippen LogP contribution >= 0.6 is 12.2 Å². The molecule has 0 amide bonds. The number of likely N-dealkylation sites (tertiary alicyclic amines) is 1. The first-order chi connectivity index (χ1) is 7.29. The van der Waals surface area contributed by atoms with E-state index in [0.717, 1.165) is 31.8 Å². The molecule has 1 aliphatic rings. The lowest BCUT2D eigenvalue weighted by Crippen LogP contribution is -2.39. The molecule has 0 radical (unpaired) electrons. The van der Waals surface area contributed by atoms with Crippen molar-refractivity contribution in [1.29, 1.82) is 0 Å². The van der Waals surface area contributed by atoms with E-state index in [9.17, 15) is 0 Å². The first kappa shape index (κ1) is 13.3. The minimum atomic E-state index is -0.183. The van der Waals surface area contributed by atoms with E-state index in [1.807, 2.05) is 20.8 Å². The third-order valence-electron chi connectivity index (χ3n) is 2.67. The van der Waals surface area contributed by atoms with E-state index in [1.165, 1.54) is 0 Å². The Balaban J connectivity index is 2.42. The molecule has 0 atom stereocenters. The highest BCUT2D eigenvalue weighted by Gasteiger charge is 2.24. The molecular weight excluding hydrogens is 220 g/mol. The van der Waals surface area contributed by atoms with E-state index in [1.54, 1.807) is 0 Å². The summed E-state index contributed by atoms with van der Waals surface area (Å²) in [5.41, 5.74) is 5.47. The Bertz CT molecular complexity index is 275. The minimum absolute atomic E-state index is 0.183. The lowest BCUT2D eigenvalue weighted by Gasteiger charge is -2.36. The average Bonchev–Trinajstić information content (AvgIpc) is 2.15. The molecule has 1 saturated heterocycles. The van der Waals surface area contributed by atoms with Crippen molar-refractivity contribution in [3.63, 3.8) is 0 Å². The highest BCUT2D eigenvalue weighted by atomic mass is 32.1. The van der Waals surface area contributed by atoms with Gasteiger partial charge in [-0.15, -0.1) is 0 Å². The van der Waals surface area contributed by atoms with Crippen molar-refractivity contribution in [2.75, 3.05) is 13.1 Å². The Labute approximate surface area is 104 Å². The van der Waals surface area contributed by atoms with Crippen LogP contribution < -0.4 is 5.73 Å². The monoisotopic (exact) mass is 242 g/mol. The predicted octanol–water partition coefficient (Wildman–Crippen LogP) is 2.27. The van der Waals surface area contributed by atoms with Crippen LogP contribution in [0.15, 0.2) is 12.5 Å². The number of hydrogen-bond acceptors (Lipinski definition) is 3. The summed E-state index contributed by atoms with van der Waals surface area (Å²) in [5.74, 6) is 1.14. The van der Waals surface area contributed by atoms with Crippen LogP contribution in [0, 0.1) is 5.92 Å². The van der Waals surface area contributed by atoms with Gasteiger partial charge in [0.05, 0.1) is 4.99 Å². The van der Waals surface area contributed by atoms with Gasteiger partial charge in [0.2, 0.25) is 0 Å². The molecule has 1 heterocycles. The van der Waals surface area contributed by atoms with Crippen molar-refractivity contribution in [2.45, 2.75) is 39.2 Å². The average molecular weight is 242 g/mol. The van der Waals surface area contributed by atoms with Crippen LogP contribution in [0.5, 0.6) is 0 Å². The van der Waals surface area contributed by atoms with E-state index < -0.39 is 0 Å². The molecule has 2 N–H and O–H groups in total. The molecule has 1 aliphatic heterocycles. The maximum absolute atomic E-state index is 5.74. The third-order valence-corrected chi connectivity index (χ3v) is 3.01. The van der Waals surface area contributed by atoms with E-state index >= 15 is 0 Å². The maximum Gasteiger partial charge on any atom is 0.182 e. The molecule has 0 aliphatic carbocycles. The topological polar surface area (TPSA) is 38.5 Å². The summed E-state index contributed by atoms with van der Waals surface area (Å²) >= 11 is 5.01. The number of piperidine rings is 1. The first-order valence-electron chi connectivity index (χ1n) is 5.72. The fraction of sp³-hybridized carbons (Fsp3) is 0.750. The second kappa shape index (κ2) is 5.04. The second-order valence-corrected chi connectivity index (χ2v) is 5.74. The Morgan fingerprint density at radius 3 is 2.25 bits per heavy atom. The Morgan fingerprint density at radius 1 is 1.38 bits per heavy atom. The fourth-order valence-electron chi connectivity index (χ4n) is 1.83. The number of hydrogen-bond donors (Lipinski definition) is 1. The molecule has 92 valence electrons. The van der Waals surface area contributed by atoms with Gasteiger partial charge in [-0.05, 0) is 40.2 Å². The van der Waals surface area contributed by atoms with Crippen LogP contribution in [-0.4, -0.2) is 28.6 Å². The molecular formula is C12H22N2OS. The van der Waals surface area contributed by atoms with Crippen molar-refractivity contribution in [2.24, 2.45) is 11.7 Å². The molecule has 0 aromatic carbocycles. The fourth-order valence-corrected chi connectivity index (χ4v) is 2.07. The molecule has 0 saturated carbocycles. The quantitative estimate of drug-likeness (QED) is 0.608. The largest absolute Gasteiger partial charge is 0.474 e. The zero-order chi connectivity index (χ0) is 12.3. The summed E-state index contributed by atoms with van der Waals surface area (Å²) in [7, 11) is 0. The van der Waals surface area contributed by atoms with Gasteiger partial charge in [-0.1, -0.05) is 12.2 Å².